The van der Waals surface area contributed by atoms with Gasteiger partial charge >= 0.3 is 0 Å². The highest BCUT2D eigenvalue weighted by atomic mass is 16.5. The van der Waals surface area contributed by atoms with Gasteiger partial charge in [0.1, 0.15) is 6.10 Å². The summed E-state index contributed by atoms with van der Waals surface area (Å²) in [7, 11) is 0. The van der Waals surface area contributed by atoms with Crippen LogP contribution in [-0.4, -0.2) is 23.1 Å². The van der Waals surface area contributed by atoms with E-state index in [9.17, 15) is 0 Å². The summed E-state index contributed by atoms with van der Waals surface area (Å²) in [4.78, 5) is 9.38. The van der Waals surface area contributed by atoms with Crippen LogP contribution in [0.1, 0.15) is 68.3 Å². The van der Waals surface area contributed by atoms with Crippen molar-refractivity contribution in [1.29, 1.82) is 0 Å². The molecule has 2 aliphatic rings. The summed E-state index contributed by atoms with van der Waals surface area (Å²) in [6.07, 6.45) is 9.15. The Kier molecular flexibility index (Phi) is 4.09. The Bertz CT molecular complexity index is 429. The van der Waals surface area contributed by atoms with E-state index in [1.807, 2.05) is 6.20 Å². The lowest BCUT2D eigenvalue weighted by atomic mass is 10.0. The Morgan fingerprint density at radius 1 is 1.32 bits per heavy atom. The summed E-state index contributed by atoms with van der Waals surface area (Å²) in [5.74, 6) is 0.897. The summed E-state index contributed by atoms with van der Waals surface area (Å²) in [5.41, 5.74) is 2.55. The molecule has 4 nitrogen and oxygen atoms in total. The van der Waals surface area contributed by atoms with E-state index in [0.717, 1.165) is 38.2 Å². The minimum atomic E-state index is 0.131. The molecule has 1 fully saturated rings. The van der Waals surface area contributed by atoms with Crippen molar-refractivity contribution < 1.29 is 4.74 Å². The number of fused-ring (bicyclic) bond motifs is 1. The molecule has 3 rings (SSSR count). The molecule has 1 aliphatic carbocycles. The number of ether oxygens (including phenoxy) is 1. The normalized spacial score (nSPS) is 27.0. The Balaban J connectivity index is 1.87. The first kappa shape index (κ1) is 13.0. The standard InChI is InChI=1S/C15H23N3O/c1-2-16-12-6-3-4-7-13-11(12)10-17-15(18-13)14-8-5-9-19-14/h10,12,14,16H,2-9H2,1H3. The second kappa shape index (κ2) is 5.97. The van der Waals surface area contributed by atoms with E-state index in [-0.39, 0.29) is 6.10 Å². The van der Waals surface area contributed by atoms with E-state index in [0.29, 0.717) is 6.04 Å². The summed E-state index contributed by atoms with van der Waals surface area (Å²) in [5, 5.41) is 3.56. The molecule has 2 unspecified atom stereocenters. The van der Waals surface area contributed by atoms with Gasteiger partial charge in [0.25, 0.3) is 0 Å². The molecule has 19 heavy (non-hydrogen) atoms. The summed E-state index contributed by atoms with van der Waals surface area (Å²) in [6, 6.07) is 0.432. The van der Waals surface area contributed by atoms with Crippen molar-refractivity contribution in [2.75, 3.05) is 13.2 Å². The third-order valence-corrected chi connectivity index (χ3v) is 4.12. The average Bonchev–Trinajstić information content (AvgIpc) is 2.89. The van der Waals surface area contributed by atoms with Crippen LogP contribution in [0, 0.1) is 0 Å². The molecule has 104 valence electrons. The highest BCUT2D eigenvalue weighted by Crippen LogP contribution is 2.30. The van der Waals surface area contributed by atoms with E-state index in [1.165, 1.54) is 30.5 Å². The number of hydrogen-bond donors (Lipinski definition) is 1. The minimum Gasteiger partial charge on any atom is -0.370 e. The predicted octanol–water partition coefficient (Wildman–Crippen LogP) is 2.71. The molecule has 0 spiro atoms. The topological polar surface area (TPSA) is 47.0 Å². The molecule has 1 aromatic rings. The van der Waals surface area contributed by atoms with E-state index >= 15 is 0 Å². The van der Waals surface area contributed by atoms with Crippen molar-refractivity contribution in [3.05, 3.63) is 23.3 Å². The van der Waals surface area contributed by atoms with Gasteiger partial charge in [0.2, 0.25) is 0 Å². The highest BCUT2D eigenvalue weighted by molar-refractivity contribution is 5.24. The van der Waals surface area contributed by atoms with Gasteiger partial charge < -0.3 is 10.1 Å². The van der Waals surface area contributed by atoms with Crippen LogP contribution < -0.4 is 5.32 Å². The summed E-state index contributed by atoms with van der Waals surface area (Å²) >= 11 is 0. The van der Waals surface area contributed by atoms with Crippen LogP contribution >= 0.6 is 0 Å². The fraction of sp³-hybridized carbons (Fsp3) is 0.733. The molecule has 1 aliphatic heterocycles. The van der Waals surface area contributed by atoms with Crippen molar-refractivity contribution in [3.8, 4) is 0 Å². The second-order valence-corrected chi connectivity index (χ2v) is 5.49. The molecule has 1 aromatic heterocycles. The van der Waals surface area contributed by atoms with Crippen molar-refractivity contribution in [3.63, 3.8) is 0 Å². The summed E-state index contributed by atoms with van der Waals surface area (Å²) < 4.78 is 5.69. The number of aromatic nitrogens is 2. The molecule has 0 bridgehead atoms. The van der Waals surface area contributed by atoms with Crippen LogP contribution in [0.15, 0.2) is 6.20 Å². The lowest BCUT2D eigenvalue weighted by Gasteiger charge is -2.18. The maximum Gasteiger partial charge on any atom is 0.157 e. The number of nitrogens with one attached hydrogen (secondary N) is 1. The Hall–Kier alpha value is -1.00. The zero-order chi connectivity index (χ0) is 13.1. The molecule has 2 atom stereocenters. The number of nitrogens with zero attached hydrogens (tertiary/aromatic N) is 2. The predicted molar refractivity (Wildman–Crippen MR) is 73.9 cm³/mol. The van der Waals surface area contributed by atoms with Gasteiger partial charge in [-0.25, -0.2) is 9.97 Å². The molecule has 1 saturated heterocycles. The lowest BCUT2D eigenvalue weighted by molar-refractivity contribution is 0.105. The van der Waals surface area contributed by atoms with Crippen LogP contribution in [-0.2, 0) is 11.2 Å². The monoisotopic (exact) mass is 261 g/mol. The first-order chi connectivity index (χ1) is 9.38. The Morgan fingerprint density at radius 2 is 2.26 bits per heavy atom. The molecule has 2 heterocycles. The van der Waals surface area contributed by atoms with Gasteiger partial charge in [0.05, 0.1) is 0 Å². The Labute approximate surface area is 115 Å². The first-order valence-corrected chi connectivity index (χ1v) is 7.59. The van der Waals surface area contributed by atoms with Crippen molar-refractivity contribution in [2.24, 2.45) is 0 Å². The molecule has 1 N–H and O–H groups in total. The van der Waals surface area contributed by atoms with Gasteiger partial charge in [-0.1, -0.05) is 13.3 Å². The SMILES string of the molecule is CCNC1CCCCc2nc(C3CCCO3)ncc21. The zero-order valence-electron chi connectivity index (χ0n) is 11.7. The summed E-state index contributed by atoms with van der Waals surface area (Å²) in [6.45, 7) is 4.01. The molecule has 0 radical (unpaired) electrons. The lowest BCUT2D eigenvalue weighted by Crippen LogP contribution is -2.22. The fourth-order valence-corrected chi connectivity index (χ4v) is 3.12. The van der Waals surface area contributed by atoms with Gasteiger partial charge in [-0.05, 0) is 38.6 Å². The van der Waals surface area contributed by atoms with E-state index in [2.05, 4.69) is 17.2 Å². The highest BCUT2D eigenvalue weighted by Gasteiger charge is 2.24. The minimum absolute atomic E-state index is 0.131. The maximum atomic E-state index is 5.69. The van der Waals surface area contributed by atoms with Crippen molar-refractivity contribution >= 4 is 0 Å². The smallest absolute Gasteiger partial charge is 0.157 e. The van der Waals surface area contributed by atoms with Gasteiger partial charge in [0.15, 0.2) is 5.82 Å². The van der Waals surface area contributed by atoms with Gasteiger partial charge in [-0.2, -0.15) is 0 Å². The largest absolute Gasteiger partial charge is 0.370 e. The molecule has 0 amide bonds. The molecular formula is C15H23N3O. The Morgan fingerprint density at radius 3 is 3.05 bits per heavy atom. The number of aryl methyl sites for hydroxylation is 1. The third kappa shape index (κ3) is 2.79. The molecule has 4 heteroatoms. The molecular weight excluding hydrogens is 238 g/mol. The van der Waals surface area contributed by atoms with Gasteiger partial charge in [-0.3, -0.25) is 0 Å². The number of hydrogen-bond acceptors (Lipinski definition) is 4. The third-order valence-electron chi connectivity index (χ3n) is 4.12. The van der Waals surface area contributed by atoms with Crippen LogP contribution in [0.25, 0.3) is 0 Å². The van der Waals surface area contributed by atoms with E-state index in [4.69, 9.17) is 9.72 Å². The van der Waals surface area contributed by atoms with Crippen LogP contribution in [0.5, 0.6) is 0 Å². The van der Waals surface area contributed by atoms with Crippen LogP contribution in [0.2, 0.25) is 0 Å². The second-order valence-electron chi connectivity index (χ2n) is 5.49. The average molecular weight is 261 g/mol. The van der Waals surface area contributed by atoms with Gasteiger partial charge in [0, 0.05) is 30.1 Å². The fourth-order valence-electron chi connectivity index (χ4n) is 3.12. The zero-order valence-corrected chi connectivity index (χ0v) is 11.7. The number of rotatable bonds is 3. The van der Waals surface area contributed by atoms with E-state index < -0.39 is 0 Å². The van der Waals surface area contributed by atoms with Crippen LogP contribution in [0.3, 0.4) is 0 Å². The van der Waals surface area contributed by atoms with Crippen molar-refractivity contribution in [2.45, 2.75) is 57.6 Å². The van der Waals surface area contributed by atoms with Crippen molar-refractivity contribution in [1.82, 2.24) is 15.3 Å². The van der Waals surface area contributed by atoms with E-state index in [1.54, 1.807) is 0 Å². The first-order valence-electron chi connectivity index (χ1n) is 7.59. The molecule has 0 saturated carbocycles. The maximum absolute atomic E-state index is 5.69. The molecule has 0 aromatic carbocycles. The van der Waals surface area contributed by atoms with Crippen LogP contribution in [0.4, 0.5) is 0 Å². The quantitative estimate of drug-likeness (QED) is 0.850. The van der Waals surface area contributed by atoms with Gasteiger partial charge in [-0.15, -0.1) is 0 Å².